The molecular formula is C19H15BrN3O4S-. The first kappa shape index (κ1) is 20.1. The van der Waals surface area contributed by atoms with E-state index >= 15 is 0 Å². The lowest BCUT2D eigenvalue weighted by atomic mass is 10.2. The van der Waals surface area contributed by atoms with Crippen LogP contribution in [0, 0.1) is 0 Å². The van der Waals surface area contributed by atoms with Crippen molar-refractivity contribution in [1.82, 2.24) is 4.90 Å². The normalized spacial score (nSPS) is 18.2. The maximum Gasteiger partial charge on any atom is 0.238 e. The topological polar surface area (TPSA) is 102 Å². The number of halogens is 1. The van der Waals surface area contributed by atoms with Gasteiger partial charge in [0.15, 0.2) is 5.17 Å². The number of hydrogen-bond donors (Lipinski definition) is 1. The summed E-state index contributed by atoms with van der Waals surface area (Å²) in [4.78, 5) is 41.6. The molecule has 1 atom stereocenters. The number of benzene rings is 2. The molecular weight excluding hydrogens is 446 g/mol. The molecule has 0 unspecified atom stereocenters. The Morgan fingerprint density at radius 2 is 1.82 bits per heavy atom. The van der Waals surface area contributed by atoms with Gasteiger partial charge in [0, 0.05) is 23.6 Å². The molecule has 1 N–H and O–H groups in total. The van der Waals surface area contributed by atoms with Crippen molar-refractivity contribution in [2.75, 3.05) is 12.4 Å². The van der Waals surface area contributed by atoms with Crippen molar-refractivity contribution in [3.05, 3.63) is 58.6 Å². The molecule has 1 aliphatic heterocycles. The number of aliphatic imine (C=N–C) groups is 1. The zero-order valence-electron chi connectivity index (χ0n) is 14.7. The Labute approximate surface area is 174 Å². The van der Waals surface area contributed by atoms with E-state index in [2.05, 4.69) is 26.2 Å². The van der Waals surface area contributed by atoms with Crippen LogP contribution in [0.3, 0.4) is 0 Å². The van der Waals surface area contributed by atoms with Crippen molar-refractivity contribution in [3.63, 3.8) is 0 Å². The Morgan fingerprint density at radius 1 is 1.18 bits per heavy atom. The summed E-state index contributed by atoms with van der Waals surface area (Å²) in [6, 6.07) is 12.9. The molecule has 1 saturated heterocycles. The number of nitrogens with zero attached hydrogens (tertiary/aromatic N) is 2. The van der Waals surface area contributed by atoms with Crippen LogP contribution in [0.2, 0.25) is 0 Å². The lowest BCUT2D eigenvalue weighted by Gasteiger charge is -2.28. The van der Waals surface area contributed by atoms with E-state index in [1.807, 2.05) is 12.1 Å². The standard InChI is InChI=1S/C19H16BrN3O4S/c1-23-16(24)10-15(28-19(23)22-14-8-4-12(20)5-9-14)17(25)21-13-6-2-11(3-7-13)18(26)27/h2-9,15H,10H2,1H3,(H,21,25)(H,26,27)/p-1/t15-/m0/s1. The van der Waals surface area contributed by atoms with E-state index in [4.69, 9.17) is 0 Å². The maximum atomic E-state index is 12.6. The second-order valence-corrected chi connectivity index (χ2v) is 8.07. The Kier molecular flexibility index (Phi) is 6.15. The number of rotatable bonds is 4. The van der Waals surface area contributed by atoms with Gasteiger partial charge in [-0.3, -0.25) is 14.5 Å². The Morgan fingerprint density at radius 3 is 2.43 bits per heavy atom. The molecule has 7 nitrogen and oxygen atoms in total. The second-order valence-electron chi connectivity index (χ2n) is 5.99. The second kappa shape index (κ2) is 8.57. The fraction of sp³-hybridized carbons (Fsp3) is 0.158. The highest BCUT2D eigenvalue weighted by molar-refractivity contribution is 9.10. The molecule has 0 aliphatic carbocycles. The fourth-order valence-corrected chi connectivity index (χ4v) is 3.76. The van der Waals surface area contributed by atoms with Crippen LogP contribution in [0.1, 0.15) is 16.8 Å². The quantitative estimate of drug-likeness (QED) is 0.754. The molecule has 0 radical (unpaired) electrons. The molecule has 1 aliphatic rings. The van der Waals surface area contributed by atoms with Crippen LogP contribution in [0.15, 0.2) is 58.0 Å². The summed E-state index contributed by atoms with van der Waals surface area (Å²) in [5.41, 5.74) is 1.13. The Balaban J connectivity index is 1.74. The van der Waals surface area contributed by atoms with E-state index in [-0.39, 0.29) is 23.8 Å². The summed E-state index contributed by atoms with van der Waals surface area (Å²) >= 11 is 4.56. The highest BCUT2D eigenvalue weighted by Gasteiger charge is 2.34. The van der Waals surface area contributed by atoms with Crippen molar-refractivity contribution < 1.29 is 19.5 Å². The summed E-state index contributed by atoms with van der Waals surface area (Å²) in [6.45, 7) is 0. The van der Waals surface area contributed by atoms with Crippen molar-refractivity contribution in [2.45, 2.75) is 11.7 Å². The van der Waals surface area contributed by atoms with Gasteiger partial charge in [-0.25, -0.2) is 4.99 Å². The number of aromatic carboxylic acids is 1. The summed E-state index contributed by atoms with van der Waals surface area (Å²) in [7, 11) is 1.62. The smallest absolute Gasteiger partial charge is 0.238 e. The van der Waals surface area contributed by atoms with Crippen LogP contribution < -0.4 is 10.4 Å². The number of hydrogen-bond acceptors (Lipinski definition) is 6. The van der Waals surface area contributed by atoms with Gasteiger partial charge in [-0.05, 0) is 42.0 Å². The minimum atomic E-state index is -1.29. The third-order valence-electron chi connectivity index (χ3n) is 4.00. The number of thioether (sulfide) groups is 1. The van der Waals surface area contributed by atoms with Crippen molar-refractivity contribution in [3.8, 4) is 0 Å². The number of nitrogens with one attached hydrogen (secondary N) is 1. The molecule has 0 aromatic heterocycles. The third kappa shape index (κ3) is 4.79. The third-order valence-corrected chi connectivity index (χ3v) is 5.77. The molecule has 144 valence electrons. The Bertz CT molecular complexity index is 945. The minimum Gasteiger partial charge on any atom is -0.545 e. The van der Waals surface area contributed by atoms with Crippen LogP contribution >= 0.6 is 27.7 Å². The van der Waals surface area contributed by atoms with Gasteiger partial charge in [-0.2, -0.15) is 0 Å². The first-order valence-corrected chi connectivity index (χ1v) is 9.90. The monoisotopic (exact) mass is 460 g/mol. The van der Waals surface area contributed by atoms with E-state index in [9.17, 15) is 19.5 Å². The summed E-state index contributed by atoms with van der Waals surface area (Å²) < 4.78 is 0.916. The van der Waals surface area contributed by atoms with Crippen LogP contribution in [0.4, 0.5) is 11.4 Å². The molecule has 0 spiro atoms. The number of anilines is 1. The van der Waals surface area contributed by atoms with E-state index in [0.29, 0.717) is 16.5 Å². The van der Waals surface area contributed by atoms with Gasteiger partial charge >= 0.3 is 0 Å². The molecule has 2 aromatic carbocycles. The number of amides is 2. The molecule has 0 saturated carbocycles. The summed E-state index contributed by atoms with van der Waals surface area (Å²) in [5.74, 6) is -1.85. The molecule has 1 heterocycles. The van der Waals surface area contributed by atoms with Gasteiger partial charge in [0.25, 0.3) is 0 Å². The van der Waals surface area contributed by atoms with Crippen LogP contribution in [0.5, 0.6) is 0 Å². The number of amidine groups is 1. The maximum absolute atomic E-state index is 12.6. The van der Waals surface area contributed by atoms with Gasteiger partial charge in [-0.15, -0.1) is 0 Å². The van der Waals surface area contributed by atoms with Crippen LogP contribution in [0.25, 0.3) is 0 Å². The zero-order valence-corrected chi connectivity index (χ0v) is 17.1. The lowest BCUT2D eigenvalue weighted by Crippen LogP contribution is -2.43. The van der Waals surface area contributed by atoms with Crippen molar-refractivity contribution >= 4 is 62.0 Å². The van der Waals surface area contributed by atoms with Crippen molar-refractivity contribution in [2.24, 2.45) is 4.99 Å². The highest BCUT2D eigenvalue weighted by atomic mass is 79.9. The number of carboxylic acid groups (broad SMARTS) is 1. The van der Waals surface area contributed by atoms with Crippen molar-refractivity contribution in [1.29, 1.82) is 0 Å². The summed E-state index contributed by atoms with van der Waals surface area (Å²) in [6.07, 6.45) is 0.0451. The van der Waals surface area contributed by atoms with E-state index < -0.39 is 11.2 Å². The van der Waals surface area contributed by atoms with Gasteiger partial charge < -0.3 is 15.2 Å². The number of carbonyl (C=O) groups excluding carboxylic acids is 3. The molecule has 3 rings (SSSR count). The number of carboxylic acids is 1. The average Bonchev–Trinajstić information content (AvgIpc) is 2.67. The fourth-order valence-electron chi connectivity index (χ4n) is 2.44. The largest absolute Gasteiger partial charge is 0.545 e. The van der Waals surface area contributed by atoms with Gasteiger partial charge in [-0.1, -0.05) is 39.8 Å². The van der Waals surface area contributed by atoms with Gasteiger partial charge in [0.1, 0.15) is 5.25 Å². The first-order chi connectivity index (χ1) is 13.3. The summed E-state index contributed by atoms with van der Waals surface area (Å²) in [5, 5.41) is 13.3. The lowest BCUT2D eigenvalue weighted by molar-refractivity contribution is -0.255. The predicted octanol–water partition coefficient (Wildman–Crippen LogP) is 2.40. The molecule has 2 aromatic rings. The van der Waals surface area contributed by atoms with E-state index in [0.717, 1.165) is 4.47 Å². The highest BCUT2D eigenvalue weighted by Crippen LogP contribution is 2.29. The average molecular weight is 461 g/mol. The SMILES string of the molecule is CN1C(=O)C[C@@H](C(=O)Nc2ccc(C(=O)[O-])cc2)SC1=Nc1ccc(Br)cc1. The van der Waals surface area contributed by atoms with Crippen LogP contribution in [-0.2, 0) is 9.59 Å². The van der Waals surface area contributed by atoms with E-state index in [1.165, 1.54) is 40.9 Å². The predicted molar refractivity (Wildman–Crippen MR) is 109 cm³/mol. The molecule has 28 heavy (non-hydrogen) atoms. The molecule has 0 bridgehead atoms. The Hall–Kier alpha value is -2.65. The van der Waals surface area contributed by atoms with E-state index in [1.54, 1.807) is 19.2 Å². The molecule has 9 heteroatoms. The molecule has 1 fully saturated rings. The minimum absolute atomic E-state index is 0.0192. The zero-order chi connectivity index (χ0) is 20.3. The molecule has 2 amide bonds. The van der Waals surface area contributed by atoms with Crippen LogP contribution in [-0.4, -0.2) is 40.1 Å². The van der Waals surface area contributed by atoms with Gasteiger partial charge in [0.05, 0.1) is 11.7 Å². The van der Waals surface area contributed by atoms with Gasteiger partial charge in [0.2, 0.25) is 11.8 Å². The number of carbonyl (C=O) groups is 3. The first-order valence-electron chi connectivity index (χ1n) is 8.23.